The summed E-state index contributed by atoms with van der Waals surface area (Å²) in [6.07, 6.45) is 13.1. The number of aromatic nitrogens is 3. The van der Waals surface area contributed by atoms with Crippen LogP contribution in [0.4, 0.5) is 10.8 Å². The summed E-state index contributed by atoms with van der Waals surface area (Å²) in [5.74, 6) is 2.97. The van der Waals surface area contributed by atoms with Gasteiger partial charge in [0.1, 0.15) is 23.0 Å². The van der Waals surface area contributed by atoms with Crippen LogP contribution in [0.25, 0.3) is 11.5 Å². The highest BCUT2D eigenvalue weighted by Crippen LogP contribution is 2.55. The van der Waals surface area contributed by atoms with E-state index < -0.39 is 0 Å². The van der Waals surface area contributed by atoms with E-state index in [9.17, 15) is 5.26 Å². The van der Waals surface area contributed by atoms with E-state index in [1.54, 1.807) is 11.3 Å². The van der Waals surface area contributed by atoms with Gasteiger partial charge in [-0.3, -0.25) is 9.80 Å². The molecule has 0 unspecified atom stereocenters. The van der Waals surface area contributed by atoms with E-state index >= 15 is 0 Å². The Morgan fingerprint density at radius 2 is 1.89 bits per heavy atom. The number of fused-ring (bicyclic) bond motifs is 4. The molecule has 3 fully saturated rings. The van der Waals surface area contributed by atoms with Gasteiger partial charge < -0.3 is 19.9 Å². The van der Waals surface area contributed by atoms with Gasteiger partial charge in [-0.2, -0.15) is 10.2 Å². The van der Waals surface area contributed by atoms with Crippen molar-refractivity contribution >= 4 is 22.2 Å². The van der Waals surface area contributed by atoms with Gasteiger partial charge in [-0.05, 0) is 110 Å². The number of anilines is 2. The summed E-state index contributed by atoms with van der Waals surface area (Å²) >= 11 is 1.57. The van der Waals surface area contributed by atoms with Gasteiger partial charge in [0.15, 0.2) is 17.3 Å². The average molecular weight is 643 g/mol. The van der Waals surface area contributed by atoms with E-state index in [-0.39, 0.29) is 11.5 Å². The number of likely N-dealkylation sites (tertiary alicyclic amines) is 2. The topological polar surface area (TPSA) is 121 Å². The minimum atomic E-state index is -0.374. The standard InChI is InChI=1S/C35H46N8O2S/c1-22(26-10-8-15-41(26)2)44-29-19-28(43-18-12-23(21-43)42-16-4-3-5-17-42)38-34(39-29)31-24-9-6-13-35(32(24)45-40-31)14-7-11-27-30(35)25(20-36)33(37)46-27/h19,22-23,26H,3-18,21,37H2,1-2H3/t22-,23-,26-,35-/m0/s1. The maximum Gasteiger partial charge on any atom is 0.219 e. The molecule has 4 atom stereocenters. The molecule has 0 amide bonds. The Morgan fingerprint density at radius 3 is 2.67 bits per heavy atom. The number of nitrogens with two attached hydrogens (primary N) is 1. The number of rotatable bonds is 6. The van der Waals surface area contributed by atoms with Crippen molar-refractivity contribution in [1.82, 2.24) is 24.9 Å². The van der Waals surface area contributed by atoms with Gasteiger partial charge in [0.2, 0.25) is 5.88 Å². The van der Waals surface area contributed by atoms with Crippen molar-refractivity contribution < 1.29 is 9.26 Å². The predicted octanol–water partition coefficient (Wildman–Crippen LogP) is 5.53. The number of nitrogen functional groups attached to an aromatic ring is 1. The Hall–Kier alpha value is -3.20. The fourth-order valence-electron chi connectivity index (χ4n) is 9.29. The number of likely N-dealkylation sites (N-methyl/N-ethyl adjacent to an activating group) is 1. The van der Waals surface area contributed by atoms with Crippen LogP contribution in [0.5, 0.6) is 5.88 Å². The molecule has 0 aromatic carbocycles. The first-order chi connectivity index (χ1) is 22.4. The molecule has 2 aliphatic carbocycles. The quantitative estimate of drug-likeness (QED) is 0.367. The van der Waals surface area contributed by atoms with Crippen LogP contribution in [0.1, 0.15) is 98.5 Å². The van der Waals surface area contributed by atoms with Crippen LogP contribution in [0, 0.1) is 11.3 Å². The molecular weight excluding hydrogens is 597 g/mol. The molecular formula is C35H46N8O2S. The smallest absolute Gasteiger partial charge is 0.219 e. The largest absolute Gasteiger partial charge is 0.473 e. The molecule has 2 N–H and O–H groups in total. The highest BCUT2D eigenvalue weighted by atomic mass is 32.1. The lowest BCUT2D eigenvalue weighted by Gasteiger charge is -2.39. The van der Waals surface area contributed by atoms with Crippen LogP contribution >= 0.6 is 11.3 Å². The van der Waals surface area contributed by atoms with Crippen LogP contribution in [0.2, 0.25) is 0 Å². The molecule has 3 saturated heterocycles. The highest BCUT2D eigenvalue weighted by molar-refractivity contribution is 7.16. The third-order valence-electron chi connectivity index (χ3n) is 11.6. The number of nitriles is 1. The second-order valence-corrected chi connectivity index (χ2v) is 15.4. The van der Waals surface area contributed by atoms with Crippen molar-refractivity contribution in [3.8, 4) is 23.5 Å². The molecule has 3 aromatic heterocycles. The lowest BCUT2D eigenvalue weighted by Crippen LogP contribution is -2.41. The van der Waals surface area contributed by atoms with E-state index in [0.29, 0.717) is 40.0 Å². The van der Waals surface area contributed by atoms with Gasteiger partial charge in [-0.25, -0.2) is 4.98 Å². The summed E-state index contributed by atoms with van der Waals surface area (Å²) in [7, 11) is 2.19. The molecule has 0 bridgehead atoms. The zero-order valence-corrected chi connectivity index (χ0v) is 28.1. The fraction of sp³-hybridized carbons (Fsp3) is 0.657. The maximum absolute atomic E-state index is 10.1. The molecule has 0 saturated carbocycles. The summed E-state index contributed by atoms with van der Waals surface area (Å²) in [6, 6.07) is 5.40. The Bertz CT molecular complexity index is 1640. The SMILES string of the molecule is C[C@H](Oc1cc(N2CC[C@H](N3CCCCC3)C2)nc(-c2noc3c2CCC[C@@]32CCCc3sc(N)c(C#N)c32)n1)[C@@H]1CCCN1C. The molecule has 5 aliphatic rings. The summed E-state index contributed by atoms with van der Waals surface area (Å²) in [4.78, 5) is 18.9. The number of thiophene rings is 1. The van der Waals surface area contributed by atoms with Crippen LogP contribution < -0.4 is 15.4 Å². The monoisotopic (exact) mass is 642 g/mol. The molecule has 3 aromatic rings. The van der Waals surface area contributed by atoms with E-state index in [2.05, 4.69) is 34.7 Å². The summed E-state index contributed by atoms with van der Waals surface area (Å²) in [5.41, 5.74) is 9.52. The van der Waals surface area contributed by atoms with Gasteiger partial charge in [-0.15, -0.1) is 11.3 Å². The molecule has 11 heteroatoms. The highest BCUT2D eigenvalue weighted by Gasteiger charge is 2.49. The van der Waals surface area contributed by atoms with Gasteiger partial charge in [0.05, 0.1) is 11.0 Å². The minimum Gasteiger partial charge on any atom is -0.473 e. The molecule has 0 radical (unpaired) electrons. The van der Waals surface area contributed by atoms with Crippen LogP contribution in [0.15, 0.2) is 10.6 Å². The van der Waals surface area contributed by atoms with Gasteiger partial charge >= 0.3 is 0 Å². The molecule has 8 rings (SSSR count). The van der Waals surface area contributed by atoms with Gasteiger partial charge in [0.25, 0.3) is 0 Å². The Morgan fingerprint density at radius 1 is 1.07 bits per heavy atom. The van der Waals surface area contributed by atoms with Crippen molar-refractivity contribution in [2.75, 3.05) is 50.4 Å². The zero-order chi connectivity index (χ0) is 31.4. The minimum absolute atomic E-state index is 0.00591. The second-order valence-electron chi connectivity index (χ2n) is 14.3. The number of nitrogens with zero attached hydrogens (tertiary/aromatic N) is 7. The molecule has 1 spiro atoms. The fourth-order valence-corrected chi connectivity index (χ4v) is 10.4. The van der Waals surface area contributed by atoms with Gasteiger partial charge in [-0.1, -0.05) is 11.6 Å². The molecule has 46 heavy (non-hydrogen) atoms. The van der Waals surface area contributed by atoms with Crippen molar-refractivity contribution in [2.45, 2.75) is 108 Å². The lowest BCUT2D eigenvalue weighted by molar-refractivity contribution is 0.117. The molecule has 3 aliphatic heterocycles. The third-order valence-corrected chi connectivity index (χ3v) is 12.7. The van der Waals surface area contributed by atoms with E-state index in [1.807, 2.05) is 6.07 Å². The van der Waals surface area contributed by atoms with E-state index in [4.69, 9.17) is 30.1 Å². The molecule has 244 valence electrons. The average Bonchev–Trinajstić information content (AvgIpc) is 3.87. The normalized spacial score (nSPS) is 27.5. The number of ether oxygens (including phenoxy) is 1. The van der Waals surface area contributed by atoms with Crippen LogP contribution in [-0.2, 0) is 18.3 Å². The number of hydrogen-bond acceptors (Lipinski definition) is 11. The van der Waals surface area contributed by atoms with Crippen LogP contribution in [-0.4, -0.2) is 82.9 Å². The van der Waals surface area contributed by atoms with Crippen molar-refractivity contribution in [3.05, 3.63) is 33.4 Å². The van der Waals surface area contributed by atoms with Gasteiger partial charge in [0, 0.05) is 41.7 Å². The number of aryl methyl sites for hydroxylation is 1. The Labute approximate surface area is 275 Å². The third kappa shape index (κ3) is 5.08. The lowest BCUT2D eigenvalue weighted by atomic mass is 9.63. The first-order valence-corrected chi connectivity index (χ1v) is 18.3. The zero-order valence-electron chi connectivity index (χ0n) is 27.3. The summed E-state index contributed by atoms with van der Waals surface area (Å²) in [5, 5.41) is 15.5. The summed E-state index contributed by atoms with van der Waals surface area (Å²) < 4.78 is 13.0. The predicted molar refractivity (Wildman–Crippen MR) is 179 cm³/mol. The number of hydrogen-bond donors (Lipinski definition) is 1. The molecule has 6 heterocycles. The van der Waals surface area contributed by atoms with Crippen molar-refractivity contribution in [3.63, 3.8) is 0 Å². The Balaban J connectivity index is 1.17. The molecule has 10 nitrogen and oxygen atoms in total. The van der Waals surface area contributed by atoms with E-state index in [1.165, 1.54) is 43.6 Å². The first-order valence-electron chi connectivity index (χ1n) is 17.5. The number of piperidine rings is 1. The van der Waals surface area contributed by atoms with Crippen molar-refractivity contribution in [2.24, 2.45) is 0 Å². The van der Waals surface area contributed by atoms with Crippen LogP contribution in [0.3, 0.4) is 0 Å². The Kier molecular flexibility index (Phi) is 7.94. The summed E-state index contributed by atoms with van der Waals surface area (Å²) in [6.45, 7) is 7.60. The first kappa shape index (κ1) is 30.2. The maximum atomic E-state index is 10.1. The van der Waals surface area contributed by atoms with Crippen molar-refractivity contribution in [1.29, 1.82) is 5.26 Å². The second kappa shape index (κ2) is 12.1. The van der Waals surface area contributed by atoms with E-state index in [0.717, 1.165) is 93.7 Å².